The highest BCUT2D eigenvalue weighted by Crippen LogP contribution is 2.23. The number of phenols is 1. The lowest BCUT2D eigenvalue weighted by Crippen LogP contribution is -2.05. The summed E-state index contributed by atoms with van der Waals surface area (Å²) < 4.78 is 0.886. The summed E-state index contributed by atoms with van der Waals surface area (Å²) in [7, 11) is 0. The highest BCUT2D eigenvalue weighted by atomic mass is 79.9. The molecule has 0 unspecified atom stereocenters. The molecule has 3 nitrogen and oxygen atoms in total. The SMILES string of the molecule is N#Cc1ccc(NCCc2ccc(O)cc2)c(Br)c1. The van der Waals surface area contributed by atoms with Crippen LogP contribution in [0.5, 0.6) is 5.75 Å². The van der Waals surface area contributed by atoms with E-state index in [1.54, 1.807) is 24.3 Å². The van der Waals surface area contributed by atoms with Crippen molar-refractivity contribution in [3.8, 4) is 11.8 Å². The number of phenolic OH excluding ortho intramolecular Hbond substituents is 1. The van der Waals surface area contributed by atoms with E-state index in [0.717, 1.165) is 28.7 Å². The number of benzene rings is 2. The van der Waals surface area contributed by atoms with Gasteiger partial charge in [0.05, 0.1) is 11.6 Å². The fraction of sp³-hybridized carbons (Fsp3) is 0.133. The molecular formula is C15H13BrN2O. The first-order chi connectivity index (χ1) is 9.19. The van der Waals surface area contributed by atoms with Gasteiger partial charge in [0.1, 0.15) is 5.75 Å². The monoisotopic (exact) mass is 316 g/mol. The highest BCUT2D eigenvalue weighted by molar-refractivity contribution is 9.10. The quantitative estimate of drug-likeness (QED) is 0.904. The number of anilines is 1. The fourth-order valence-corrected chi connectivity index (χ4v) is 2.25. The van der Waals surface area contributed by atoms with Crippen molar-refractivity contribution in [3.05, 3.63) is 58.1 Å². The first kappa shape index (κ1) is 13.4. The van der Waals surface area contributed by atoms with Crippen LogP contribution in [-0.2, 0) is 6.42 Å². The van der Waals surface area contributed by atoms with Crippen molar-refractivity contribution in [1.29, 1.82) is 5.26 Å². The number of rotatable bonds is 4. The van der Waals surface area contributed by atoms with Gasteiger partial charge in [-0.2, -0.15) is 5.26 Å². The number of nitrogens with one attached hydrogen (secondary N) is 1. The lowest BCUT2D eigenvalue weighted by atomic mass is 10.1. The zero-order valence-electron chi connectivity index (χ0n) is 10.2. The predicted molar refractivity (Wildman–Crippen MR) is 79.2 cm³/mol. The third-order valence-corrected chi connectivity index (χ3v) is 3.42. The third kappa shape index (κ3) is 3.73. The van der Waals surface area contributed by atoms with Crippen molar-refractivity contribution >= 4 is 21.6 Å². The largest absolute Gasteiger partial charge is 0.508 e. The van der Waals surface area contributed by atoms with Crippen LogP contribution in [0.3, 0.4) is 0 Å². The summed E-state index contributed by atoms with van der Waals surface area (Å²) in [6, 6.07) is 14.8. The average molecular weight is 317 g/mol. The summed E-state index contributed by atoms with van der Waals surface area (Å²) in [5.74, 6) is 0.284. The summed E-state index contributed by atoms with van der Waals surface area (Å²) in [5.41, 5.74) is 2.77. The molecule has 96 valence electrons. The average Bonchev–Trinajstić information content (AvgIpc) is 2.42. The summed E-state index contributed by atoms with van der Waals surface area (Å²) in [4.78, 5) is 0. The van der Waals surface area contributed by atoms with Crippen LogP contribution >= 0.6 is 15.9 Å². The molecule has 0 heterocycles. The third-order valence-electron chi connectivity index (χ3n) is 2.76. The maximum atomic E-state index is 9.20. The molecule has 0 radical (unpaired) electrons. The van der Waals surface area contributed by atoms with Crippen molar-refractivity contribution < 1.29 is 5.11 Å². The number of aromatic hydroxyl groups is 1. The zero-order valence-corrected chi connectivity index (χ0v) is 11.8. The van der Waals surface area contributed by atoms with Gasteiger partial charge in [-0.3, -0.25) is 0 Å². The Morgan fingerprint density at radius 3 is 2.53 bits per heavy atom. The molecule has 0 atom stereocenters. The molecule has 0 aliphatic heterocycles. The van der Waals surface area contributed by atoms with Gasteiger partial charge in [0.25, 0.3) is 0 Å². The second-order valence-electron chi connectivity index (χ2n) is 4.15. The van der Waals surface area contributed by atoms with Crippen LogP contribution < -0.4 is 5.32 Å². The second-order valence-corrected chi connectivity index (χ2v) is 5.00. The Morgan fingerprint density at radius 2 is 1.89 bits per heavy atom. The first-order valence-electron chi connectivity index (χ1n) is 5.90. The van der Waals surface area contributed by atoms with Crippen molar-refractivity contribution in [2.45, 2.75) is 6.42 Å². The van der Waals surface area contributed by atoms with Gasteiger partial charge in [-0.05, 0) is 58.2 Å². The first-order valence-corrected chi connectivity index (χ1v) is 6.70. The summed E-state index contributed by atoms with van der Waals surface area (Å²) >= 11 is 3.44. The van der Waals surface area contributed by atoms with Crippen molar-refractivity contribution in [2.24, 2.45) is 0 Å². The lowest BCUT2D eigenvalue weighted by molar-refractivity contribution is 0.475. The van der Waals surface area contributed by atoms with E-state index in [9.17, 15) is 5.11 Å². The van der Waals surface area contributed by atoms with Crippen LogP contribution in [0, 0.1) is 11.3 Å². The van der Waals surface area contributed by atoms with Gasteiger partial charge in [0.15, 0.2) is 0 Å². The van der Waals surface area contributed by atoms with E-state index in [0.29, 0.717) is 5.56 Å². The molecule has 0 aliphatic carbocycles. The van der Waals surface area contributed by atoms with Gasteiger partial charge in [-0.15, -0.1) is 0 Å². The van der Waals surface area contributed by atoms with Crippen LogP contribution in [0.2, 0.25) is 0 Å². The molecule has 0 fully saturated rings. The molecule has 0 bridgehead atoms. The molecule has 2 aromatic rings. The smallest absolute Gasteiger partial charge is 0.115 e. The van der Waals surface area contributed by atoms with Crippen LogP contribution in [0.25, 0.3) is 0 Å². The van der Waals surface area contributed by atoms with Crippen molar-refractivity contribution in [1.82, 2.24) is 0 Å². The van der Waals surface area contributed by atoms with Crippen LogP contribution in [-0.4, -0.2) is 11.7 Å². The summed E-state index contributed by atoms with van der Waals surface area (Å²) in [6.45, 7) is 0.787. The predicted octanol–water partition coefficient (Wildman–Crippen LogP) is 3.68. The minimum Gasteiger partial charge on any atom is -0.508 e. The van der Waals surface area contributed by atoms with Gasteiger partial charge < -0.3 is 10.4 Å². The van der Waals surface area contributed by atoms with Gasteiger partial charge in [0, 0.05) is 16.7 Å². The van der Waals surface area contributed by atoms with E-state index in [4.69, 9.17) is 5.26 Å². The standard InChI is InChI=1S/C15H13BrN2O/c16-14-9-12(10-17)3-6-15(14)18-8-7-11-1-4-13(19)5-2-11/h1-6,9,18-19H,7-8H2. The molecule has 0 amide bonds. The lowest BCUT2D eigenvalue weighted by Gasteiger charge is -2.09. The number of hydrogen-bond acceptors (Lipinski definition) is 3. The number of nitriles is 1. The van der Waals surface area contributed by atoms with E-state index < -0.39 is 0 Å². The van der Waals surface area contributed by atoms with Gasteiger partial charge in [-0.1, -0.05) is 12.1 Å². The number of hydrogen-bond donors (Lipinski definition) is 2. The molecule has 2 rings (SSSR count). The summed E-state index contributed by atoms with van der Waals surface area (Å²) in [5, 5.41) is 21.3. The fourth-order valence-electron chi connectivity index (χ4n) is 1.73. The van der Waals surface area contributed by atoms with Crippen LogP contribution in [0.1, 0.15) is 11.1 Å². The minimum atomic E-state index is 0.284. The van der Waals surface area contributed by atoms with Gasteiger partial charge in [-0.25, -0.2) is 0 Å². The maximum absolute atomic E-state index is 9.20. The Hall–Kier alpha value is -1.99. The molecule has 0 aliphatic rings. The minimum absolute atomic E-state index is 0.284. The second kappa shape index (κ2) is 6.26. The Balaban J connectivity index is 1.92. The molecule has 2 N–H and O–H groups in total. The van der Waals surface area contributed by atoms with E-state index in [-0.39, 0.29) is 5.75 Å². The normalized spacial score (nSPS) is 9.89. The highest BCUT2D eigenvalue weighted by Gasteiger charge is 2.01. The number of halogens is 1. The summed E-state index contributed by atoms with van der Waals surface area (Å²) in [6.07, 6.45) is 0.868. The van der Waals surface area contributed by atoms with E-state index >= 15 is 0 Å². The Labute approximate surface area is 120 Å². The molecule has 4 heteroatoms. The Bertz CT molecular complexity index is 603. The molecular weight excluding hydrogens is 304 g/mol. The van der Waals surface area contributed by atoms with E-state index in [1.807, 2.05) is 18.2 Å². The molecule has 0 aromatic heterocycles. The van der Waals surface area contributed by atoms with Crippen molar-refractivity contribution in [3.63, 3.8) is 0 Å². The molecule has 2 aromatic carbocycles. The van der Waals surface area contributed by atoms with Crippen LogP contribution in [0.4, 0.5) is 5.69 Å². The Morgan fingerprint density at radius 1 is 1.16 bits per heavy atom. The van der Waals surface area contributed by atoms with E-state index in [1.165, 1.54) is 0 Å². The van der Waals surface area contributed by atoms with Gasteiger partial charge >= 0.3 is 0 Å². The molecule has 19 heavy (non-hydrogen) atoms. The van der Waals surface area contributed by atoms with E-state index in [2.05, 4.69) is 27.3 Å². The van der Waals surface area contributed by atoms with Crippen molar-refractivity contribution in [2.75, 3.05) is 11.9 Å². The molecule has 0 saturated heterocycles. The topological polar surface area (TPSA) is 56.0 Å². The molecule has 0 spiro atoms. The Kier molecular flexibility index (Phi) is 4.43. The maximum Gasteiger partial charge on any atom is 0.115 e. The molecule has 0 saturated carbocycles. The number of nitrogens with zero attached hydrogens (tertiary/aromatic N) is 1. The van der Waals surface area contributed by atoms with Gasteiger partial charge in [0.2, 0.25) is 0 Å². The van der Waals surface area contributed by atoms with Crippen LogP contribution in [0.15, 0.2) is 46.9 Å². The zero-order chi connectivity index (χ0) is 13.7.